The van der Waals surface area contributed by atoms with Crippen LogP contribution in [0.3, 0.4) is 0 Å². The lowest BCUT2D eigenvalue weighted by atomic mass is 10.2. The number of amides is 1. The highest BCUT2D eigenvalue weighted by Gasteiger charge is 2.12. The highest BCUT2D eigenvalue weighted by molar-refractivity contribution is 5.92. The Bertz CT molecular complexity index is 842. The molecule has 0 saturated carbocycles. The van der Waals surface area contributed by atoms with E-state index in [1.165, 1.54) is 6.07 Å². The van der Waals surface area contributed by atoms with Gasteiger partial charge in [-0.15, -0.1) is 0 Å². The molecular weight excluding hydrogens is 309 g/mol. The molecule has 0 unspecified atom stereocenters. The van der Waals surface area contributed by atoms with Gasteiger partial charge in [0, 0.05) is 31.5 Å². The van der Waals surface area contributed by atoms with Crippen LogP contribution in [0, 0.1) is 5.82 Å². The van der Waals surface area contributed by atoms with Gasteiger partial charge < -0.3 is 4.90 Å². The Kier molecular flexibility index (Phi) is 4.33. The number of carbonyl (C=O) groups excluding carboxylic acids is 1. The van der Waals surface area contributed by atoms with Crippen molar-refractivity contribution in [2.75, 3.05) is 13.6 Å². The van der Waals surface area contributed by atoms with Gasteiger partial charge in [-0.25, -0.2) is 14.1 Å². The lowest BCUT2D eigenvalue weighted by Gasteiger charge is -2.13. The summed E-state index contributed by atoms with van der Waals surface area (Å²) in [5.74, 6) is 0.00435. The zero-order valence-electron chi connectivity index (χ0n) is 13.3. The van der Waals surface area contributed by atoms with E-state index in [2.05, 4.69) is 15.1 Å². The Balaban J connectivity index is 1.83. The van der Waals surface area contributed by atoms with E-state index in [4.69, 9.17) is 0 Å². The molecule has 0 radical (unpaired) electrons. The summed E-state index contributed by atoms with van der Waals surface area (Å²) in [6, 6.07) is 8.16. The molecule has 0 N–H and O–H groups in total. The Morgan fingerprint density at radius 2 is 2.00 bits per heavy atom. The highest BCUT2D eigenvalue weighted by atomic mass is 19.1. The number of hydrogen-bond donors (Lipinski definition) is 0. The third kappa shape index (κ3) is 3.15. The quantitative estimate of drug-likeness (QED) is 0.739. The molecule has 7 heteroatoms. The summed E-state index contributed by atoms with van der Waals surface area (Å²) in [6.07, 6.45) is 4.49. The van der Waals surface area contributed by atoms with Crippen molar-refractivity contribution < 1.29 is 9.18 Å². The van der Waals surface area contributed by atoms with Crippen molar-refractivity contribution in [3.8, 4) is 17.1 Å². The molecule has 3 heterocycles. The number of aromatic nitrogens is 4. The molecule has 0 aliphatic carbocycles. The third-order valence-electron chi connectivity index (χ3n) is 3.63. The first-order valence-electron chi connectivity index (χ1n) is 7.48. The molecule has 3 rings (SSSR count). The van der Waals surface area contributed by atoms with Crippen LogP contribution in [-0.4, -0.2) is 44.1 Å². The molecule has 3 aromatic heterocycles. The second-order valence-electron chi connectivity index (χ2n) is 5.23. The predicted octanol–water partition coefficient (Wildman–Crippen LogP) is 2.56. The van der Waals surface area contributed by atoms with E-state index in [0.717, 1.165) is 11.8 Å². The molecule has 0 aliphatic rings. The summed E-state index contributed by atoms with van der Waals surface area (Å²) in [5.41, 5.74) is 1.87. The smallest absolute Gasteiger partial charge is 0.272 e. The third-order valence-corrected chi connectivity index (χ3v) is 3.63. The van der Waals surface area contributed by atoms with E-state index in [9.17, 15) is 9.18 Å². The second kappa shape index (κ2) is 6.57. The van der Waals surface area contributed by atoms with Crippen LogP contribution < -0.4 is 0 Å². The van der Waals surface area contributed by atoms with E-state index in [1.54, 1.807) is 47.2 Å². The van der Waals surface area contributed by atoms with Crippen molar-refractivity contribution in [1.29, 1.82) is 0 Å². The average molecular weight is 325 g/mol. The lowest BCUT2D eigenvalue weighted by molar-refractivity contribution is 0.0796. The molecule has 0 aromatic carbocycles. The molecule has 1 amide bonds. The number of nitrogens with zero attached hydrogens (tertiary/aromatic N) is 5. The van der Waals surface area contributed by atoms with Gasteiger partial charge in [0.1, 0.15) is 11.5 Å². The van der Waals surface area contributed by atoms with Gasteiger partial charge in [-0.2, -0.15) is 5.10 Å². The Morgan fingerprint density at radius 1 is 1.17 bits per heavy atom. The number of rotatable bonds is 4. The molecule has 0 aliphatic heterocycles. The van der Waals surface area contributed by atoms with Gasteiger partial charge in [0.2, 0.25) is 0 Å². The van der Waals surface area contributed by atoms with Gasteiger partial charge in [0.25, 0.3) is 5.91 Å². The van der Waals surface area contributed by atoms with Crippen LogP contribution in [-0.2, 0) is 0 Å². The number of carbonyl (C=O) groups is 1. The number of pyridine rings is 2. The van der Waals surface area contributed by atoms with E-state index in [1.807, 2.05) is 13.0 Å². The Labute approximate surface area is 138 Å². The van der Waals surface area contributed by atoms with Crippen molar-refractivity contribution in [1.82, 2.24) is 24.6 Å². The summed E-state index contributed by atoms with van der Waals surface area (Å²) >= 11 is 0. The SMILES string of the molecule is CCN(C)C(=O)c1ccc(-c2ccn(-c3ccc(F)cn3)n2)cn1. The van der Waals surface area contributed by atoms with Crippen LogP contribution in [0.2, 0.25) is 0 Å². The zero-order valence-corrected chi connectivity index (χ0v) is 13.3. The maximum atomic E-state index is 12.9. The van der Waals surface area contributed by atoms with Crippen LogP contribution in [0.5, 0.6) is 0 Å². The minimum Gasteiger partial charge on any atom is -0.341 e. The molecule has 6 nitrogen and oxygen atoms in total. The second-order valence-corrected chi connectivity index (χ2v) is 5.23. The largest absolute Gasteiger partial charge is 0.341 e. The van der Waals surface area contributed by atoms with Crippen LogP contribution in [0.25, 0.3) is 17.1 Å². The van der Waals surface area contributed by atoms with Gasteiger partial charge >= 0.3 is 0 Å². The molecule has 0 atom stereocenters. The van der Waals surface area contributed by atoms with Gasteiger partial charge in [0.15, 0.2) is 5.82 Å². The van der Waals surface area contributed by atoms with Crippen LogP contribution >= 0.6 is 0 Å². The summed E-state index contributed by atoms with van der Waals surface area (Å²) in [6.45, 7) is 2.53. The van der Waals surface area contributed by atoms with Crippen LogP contribution in [0.15, 0.2) is 48.9 Å². The molecule has 0 fully saturated rings. The van der Waals surface area contributed by atoms with Crippen LogP contribution in [0.4, 0.5) is 4.39 Å². The topological polar surface area (TPSA) is 63.9 Å². The highest BCUT2D eigenvalue weighted by Crippen LogP contribution is 2.18. The van der Waals surface area contributed by atoms with E-state index < -0.39 is 5.82 Å². The minimum atomic E-state index is -0.396. The molecule has 122 valence electrons. The first-order valence-corrected chi connectivity index (χ1v) is 7.48. The van der Waals surface area contributed by atoms with Gasteiger partial charge in [-0.1, -0.05) is 0 Å². The standard InChI is InChI=1S/C17H16FN5O/c1-3-22(2)17(24)15-6-4-12(10-19-15)14-8-9-23(21-14)16-7-5-13(18)11-20-16/h4-11H,3H2,1-2H3. The zero-order chi connectivity index (χ0) is 17.1. The molecular formula is C17H16FN5O. The summed E-state index contributed by atoms with van der Waals surface area (Å²) in [4.78, 5) is 21.8. The van der Waals surface area contributed by atoms with Crippen molar-refractivity contribution >= 4 is 5.91 Å². The minimum absolute atomic E-state index is 0.120. The molecule has 24 heavy (non-hydrogen) atoms. The van der Waals surface area contributed by atoms with E-state index in [-0.39, 0.29) is 5.91 Å². The maximum absolute atomic E-state index is 12.9. The Hall–Kier alpha value is -3.09. The molecule has 0 bridgehead atoms. The fourth-order valence-corrected chi connectivity index (χ4v) is 2.12. The van der Waals surface area contributed by atoms with Gasteiger partial charge in [-0.3, -0.25) is 9.78 Å². The average Bonchev–Trinajstić information content (AvgIpc) is 3.11. The summed E-state index contributed by atoms with van der Waals surface area (Å²) in [5, 5.41) is 4.40. The molecule has 0 saturated heterocycles. The van der Waals surface area contributed by atoms with Gasteiger partial charge in [0.05, 0.1) is 11.9 Å². The van der Waals surface area contributed by atoms with Crippen molar-refractivity contribution in [2.24, 2.45) is 0 Å². The van der Waals surface area contributed by atoms with Crippen LogP contribution in [0.1, 0.15) is 17.4 Å². The predicted molar refractivity (Wildman–Crippen MR) is 87.2 cm³/mol. The number of hydrogen-bond acceptors (Lipinski definition) is 4. The lowest BCUT2D eigenvalue weighted by Crippen LogP contribution is -2.26. The molecule has 0 spiro atoms. The first-order chi connectivity index (χ1) is 11.6. The van der Waals surface area contributed by atoms with E-state index in [0.29, 0.717) is 23.8 Å². The fraction of sp³-hybridized carbons (Fsp3) is 0.176. The summed E-state index contributed by atoms with van der Waals surface area (Å²) in [7, 11) is 1.73. The first kappa shape index (κ1) is 15.8. The van der Waals surface area contributed by atoms with E-state index >= 15 is 0 Å². The Morgan fingerprint density at radius 3 is 2.62 bits per heavy atom. The fourth-order valence-electron chi connectivity index (χ4n) is 2.12. The maximum Gasteiger partial charge on any atom is 0.272 e. The van der Waals surface area contributed by atoms with Crippen molar-refractivity contribution in [2.45, 2.75) is 6.92 Å². The van der Waals surface area contributed by atoms with Crippen molar-refractivity contribution in [3.05, 3.63) is 60.4 Å². The normalized spacial score (nSPS) is 10.6. The summed E-state index contributed by atoms with van der Waals surface area (Å²) < 4.78 is 14.5. The molecule has 3 aromatic rings. The van der Waals surface area contributed by atoms with Crippen molar-refractivity contribution in [3.63, 3.8) is 0 Å². The number of halogens is 1. The van der Waals surface area contributed by atoms with Gasteiger partial charge in [-0.05, 0) is 37.3 Å². The monoisotopic (exact) mass is 325 g/mol.